The third kappa shape index (κ3) is 2.56. The molecule has 1 N–H and O–H groups in total. The summed E-state index contributed by atoms with van der Waals surface area (Å²) in [6, 6.07) is 18.4. The summed E-state index contributed by atoms with van der Waals surface area (Å²) in [6.45, 7) is 1.14. The largest absolute Gasteiger partial charge is 0.313 e. The Morgan fingerprint density at radius 2 is 1.95 bits per heavy atom. The molecule has 1 aliphatic heterocycles. The second-order valence-electron chi connectivity index (χ2n) is 6.36. The van der Waals surface area contributed by atoms with Crippen LogP contribution in [0.5, 0.6) is 0 Å². The number of fused-ring (bicyclic) bond motifs is 3. The van der Waals surface area contributed by atoms with E-state index in [4.69, 9.17) is 0 Å². The van der Waals surface area contributed by atoms with Crippen LogP contribution in [-0.2, 0) is 12.8 Å². The molecule has 0 saturated carbocycles. The minimum Gasteiger partial charge on any atom is -0.313 e. The van der Waals surface area contributed by atoms with Gasteiger partial charge in [0, 0.05) is 23.0 Å². The summed E-state index contributed by atoms with van der Waals surface area (Å²) in [5.74, 6) is 1.49. The van der Waals surface area contributed by atoms with Crippen LogP contribution >= 0.6 is 15.9 Å². The zero-order chi connectivity index (χ0) is 14.2. The Morgan fingerprint density at radius 3 is 2.81 bits per heavy atom. The highest BCUT2D eigenvalue weighted by Crippen LogP contribution is 2.42. The maximum Gasteiger partial charge on any atom is 0.0178 e. The van der Waals surface area contributed by atoms with Crippen molar-refractivity contribution < 1.29 is 0 Å². The van der Waals surface area contributed by atoms with Gasteiger partial charge in [-0.15, -0.1) is 0 Å². The molecule has 0 spiro atoms. The van der Waals surface area contributed by atoms with Crippen molar-refractivity contribution in [1.29, 1.82) is 0 Å². The minimum absolute atomic E-state index is 0.634. The van der Waals surface area contributed by atoms with Crippen LogP contribution in [0.1, 0.15) is 29.0 Å². The van der Waals surface area contributed by atoms with Gasteiger partial charge < -0.3 is 5.32 Å². The second kappa shape index (κ2) is 5.58. The molecule has 0 aromatic heterocycles. The van der Waals surface area contributed by atoms with Crippen LogP contribution in [0.4, 0.5) is 0 Å². The number of rotatable bonds is 2. The van der Waals surface area contributed by atoms with Crippen LogP contribution in [0.3, 0.4) is 0 Å². The van der Waals surface area contributed by atoms with Crippen LogP contribution in [0.2, 0.25) is 0 Å². The monoisotopic (exact) mass is 341 g/mol. The quantitative estimate of drug-likeness (QED) is 0.858. The standard InChI is InChI=1S/C19H20BrN/c20-15-7-9-16-14(11-15)6-8-17-18(16)12-21-19(17)10-13-4-2-1-3-5-13/h1-5,7,9,11,17-19,21H,6,8,10,12H2/t17?,18-,19-/m1/s1. The first kappa shape index (κ1) is 13.5. The van der Waals surface area contributed by atoms with Gasteiger partial charge in [-0.25, -0.2) is 0 Å². The molecule has 108 valence electrons. The van der Waals surface area contributed by atoms with E-state index >= 15 is 0 Å². The molecule has 0 bridgehead atoms. The number of halogens is 1. The van der Waals surface area contributed by atoms with Crippen molar-refractivity contribution in [3.8, 4) is 0 Å². The average molecular weight is 342 g/mol. The lowest BCUT2D eigenvalue weighted by molar-refractivity contribution is 0.373. The Labute approximate surface area is 134 Å². The van der Waals surface area contributed by atoms with E-state index in [1.807, 2.05) is 0 Å². The number of hydrogen-bond donors (Lipinski definition) is 1. The minimum atomic E-state index is 0.634. The van der Waals surface area contributed by atoms with Crippen molar-refractivity contribution in [2.45, 2.75) is 31.2 Å². The van der Waals surface area contributed by atoms with Gasteiger partial charge in [-0.2, -0.15) is 0 Å². The predicted octanol–water partition coefficient (Wildman–Crippen LogP) is 4.31. The van der Waals surface area contributed by atoms with Crippen molar-refractivity contribution in [2.24, 2.45) is 5.92 Å². The van der Waals surface area contributed by atoms with Gasteiger partial charge in [-0.1, -0.05) is 52.3 Å². The number of nitrogens with one attached hydrogen (secondary N) is 1. The molecule has 0 amide bonds. The first-order chi connectivity index (χ1) is 10.3. The van der Waals surface area contributed by atoms with Crippen LogP contribution in [0.25, 0.3) is 0 Å². The van der Waals surface area contributed by atoms with Gasteiger partial charge in [-0.3, -0.25) is 0 Å². The SMILES string of the molecule is Brc1ccc2c(c1)CCC1[C@@H]2CN[C@@H]1Cc1ccccc1. The van der Waals surface area contributed by atoms with Gasteiger partial charge in [0.1, 0.15) is 0 Å². The fourth-order valence-corrected chi connectivity index (χ4v) is 4.58. The molecule has 2 aromatic rings. The van der Waals surface area contributed by atoms with Crippen molar-refractivity contribution in [3.05, 3.63) is 69.7 Å². The highest BCUT2D eigenvalue weighted by molar-refractivity contribution is 9.10. The normalized spacial score (nSPS) is 27.2. The topological polar surface area (TPSA) is 12.0 Å². The number of hydrogen-bond acceptors (Lipinski definition) is 1. The van der Waals surface area contributed by atoms with Gasteiger partial charge in [0.2, 0.25) is 0 Å². The maximum absolute atomic E-state index is 3.79. The molecule has 2 aromatic carbocycles. The molecule has 4 rings (SSSR count). The highest BCUT2D eigenvalue weighted by Gasteiger charge is 2.39. The Bertz CT molecular complexity index is 637. The molecule has 3 atom stereocenters. The summed E-state index contributed by atoms with van der Waals surface area (Å²) >= 11 is 3.60. The zero-order valence-electron chi connectivity index (χ0n) is 12.1. The van der Waals surface area contributed by atoms with E-state index in [-0.39, 0.29) is 0 Å². The zero-order valence-corrected chi connectivity index (χ0v) is 13.6. The van der Waals surface area contributed by atoms with Gasteiger partial charge >= 0.3 is 0 Å². The van der Waals surface area contributed by atoms with Crippen LogP contribution in [-0.4, -0.2) is 12.6 Å². The molecule has 1 heterocycles. The van der Waals surface area contributed by atoms with E-state index in [9.17, 15) is 0 Å². The summed E-state index contributed by atoms with van der Waals surface area (Å²) in [5.41, 5.74) is 4.59. The van der Waals surface area contributed by atoms with E-state index in [1.165, 1.54) is 22.9 Å². The average Bonchev–Trinajstić information content (AvgIpc) is 2.91. The van der Waals surface area contributed by atoms with Crippen molar-refractivity contribution in [3.63, 3.8) is 0 Å². The smallest absolute Gasteiger partial charge is 0.0178 e. The van der Waals surface area contributed by atoms with Crippen LogP contribution in [0, 0.1) is 5.92 Å². The Morgan fingerprint density at radius 1 is 1.10 bits per heavy atom. The molecule has 1 saturated heterocycles. The van der Waals surface area contributed by atoms with E-state index in [0.29, 0.717) is 12.0 Å². The summed E-state index contributed by atoms with van der Waals surface area (Å²) in [6.07, 6.45) is 3.70. The summed E-state index contributed by atoms with van der Waals surface area (Å²) < 4.78 is 1.21. The summed E-state index contributed by atoms with van der Waals surface area (Å²) in [4.78, 5) is 0. The Kier molecular flexibility index (Phi) is 3.60. The van der Waals surface area contributed by atoms with E-state index in [2.05, 4.69) is 69.8 Å². The molecule has 1 aliphatic carbocycles. The van der Waals surface area contributed by atoms with Crippen molar-refractivity contribution in [2.75, 3.05) is 6.54 Å². The molecule has 1 unspecified atom stereocenters. The van der Waals surface area contributed by atoms with Crippen molar-refractivity contribution >= 4 is 15.9 Å². The third-order valence-corrected chi connectivity index (χ3v) is 5.68. The molecule has 2 aliphatic rings. The lowest BCUT2D eigenvalue weighted by Crippen LogP contribution is -2.31. The van der Waals surface area contributed by atoms with E-state index < -0.39 is 0 Å². The molecule has 2 heteroatoms. The molecule has 1 nitrogen and oxygen atoms in total. The van der Waals surface area contributed by atoms with Gasteiger partial charge in [0.25, 0.3) is 0 Å². The van der Waals surface area contributed by atoms with Crippen LogP contribution in [0.15, 0.2) is 53.0 Å². The highest BCUT2D eigenvalue weighted by atomic mass is 79.9. The first-order valence-electron chi connectivity index (χ1n) is 7.87. The number of aryl methyl sites for hydroxylation is 1. The van der Waals surface area contributed by atoms with Gasteiger partial charge in [-0.05, 0) is 54.0 Å². The first-order valence-corrected chi connectivity index (χ1v) is 8.66. The Hall–Kier alpha value is -1.12. The molecular formula is C19H20BrN. The summed E-state index contributed by atoms with van der Waals surface area (Å²) in [7, 11) is 0. The predicted molar refractivity (Wildman–Crippen MR) is 90.6 cm³/mol. The van der Waals surface area contributed by atoms with E-state index in [0.717, 1.165) is 18.9 Å². The Balaban J connectivity index is 1.57. The summed E-state index contributed by atoms with van der Waals surface area (Å²) in [5, 5.41) is 3.79. The molecule has 0 radical (unpaired) electrons. The maximum atomic E-state index is 3.79. The van der Waals surface area contributed by atoms with Gasteiger partial charge in [0.05, 0.1) is 0 Å². The molecule has 1 fully saturated rings. The number of benzene rings is 2. The fraction of sp³-hybridized carbons (Fsp3) is 0.368. The second-order valence-corrected chi connectivity index (χ2v) is 7.27. The molecular weight excluding hydrogens is 322 g/mol. The third-order valence-electron chi connectivity index (χ3n) is 5.18. The fourth-order valence-electron chi connectivity index (χ4n) is 4.17. The van der Waals surface area contributed by atoms with Crippen LogP contribution < -0.4 is 5.32 Å². The lowest BCUT2D eigenvalue weighted by atomic mass is 9.74. The van der Waals surface area contributed by atoms with E-state index in [1.54, 1.807) is 11.1 Å². The van der Waals surface area contributed by atoms with Gasteiger partial charge in [0.15, 0.2) is 0 Å². The lowest BCUT2D eigenvalue weighted by Gasteiger charge is -2.31. The molecule has 21 heavy (non-hydrogen) atoms. The van der Waals surface area contributed by atoms with Crippen molar-refractivity contribution in [1.82, 2.24) is 5.32 Å².